The van der Waals surface area contributed by atoms with Gasteiger partial charge in [0.25, 0.3) is 15.9 Å². The summed E-state index contributed by atoms with van der Waals surface area (Å²) in [7, 11) is -6.76. The highest BCUT2D eigenvalue weighted by molar-refractivity contribution is 7.93. The Morgan fingerprint density at radius 1 is 0.957 bits per heavy atom. The highest BCUT2D eigenvalue weighted by Crippen LogP contribution is 2.54. The standard InChI is InChI=1S/C52H65N9O7S2/c1-35(2)43-9-4-5-10-44(43)46-11-8-22-60(46)40-30-52(31-40)19-23-59(24-20-52)39-16-17-45(48(28-39)68-41-27-37-18-21-53-49(37)55-33-41)51(62)58-70(66,67)42-29-47(61(63)64)50(56-34-42)54-32-36-12-14-38(15-13-36)57-69(65)25-6-3-7-26-69/h4-5,9-10,16-18,21,27-29,33-36,38,40,46H,3,6-8,11-15,19-20,22-26,30-32H2,1-2H3,(H,53,55)(H,54,56)(H,58,62)/t36?,38?,46-/m1/s1. The Balaban J connectivity index is 0.807. The van der Waals surface area contributed by atoms with Gasteiger partial charge in [0, 0.05) is 82.4 Å². The van der Waals surface area contributed by atoms with E-state index in [9.17, 15) is 27.5 Å². The molecule has 5 aromatic rings. The first-order chi connectivity index (χ1) is 33.7. The number of likely N-dealkylation sites (tertiary alicyclic amines) is 1. The summed E-state index contributed by atoms with van der Waals surface area (Å²) in [5.41, 5.74) is 4.20. The van der Waals surface area contributed by atoms with Gasteiger partial charge in [-0.2, -0.15) is 0 Å². The van der Waals surface area contributed by atoms with Crippen LogP contribution in [-0.4, -0.2) is 93.1 Å². The molecule has 5 fully saturated rings. The van der Waals surface area contributed by atoms with Crippen LogP contribution in [0, 0.1) is 21.4 Å². The minimum Gasteiger partial charge on any atom is -0.455 e. The summed E-state index contributed by atoms with van der Waals surface area (Å²) in [4.78, 5) is 41.9. The molecule has 2 aliphatic carbocycles. The van der Waals surface area contributed by atoms with Crippen LogP contribution in [-0.2, 0) is 19.8 Å². The van der Waals surface area contributed by atoms with E-state index in [1.54, 1.807) is 24.4 Å². The van der Waals surface area contributed by atoms with E-state index in [-0.39, 0.29) is 29.1 Å². The number of hydrogen-bond acceptors (Lipinski definition) is 13. The lowest BCUT2D eigenvalue weighted by Crippen LogP contribution is -2.54. The molecule has 0 unspecified atom stereocenters. The number of pyridine rings is 2. The van der Waals surface area contributed by atoms with Gasteiger partial charge in [0.1, 0.15) is 22.0 Å². The van der Waals surface area contributed by atoms with Gasteiger partial charge in [0.15, 0.2) is 0 Å². The van der Waals surface area contributed by atoms with Crippen LogP contribution in [0.4, 0.5) is 17.2 Å². The third-order valence-corrected chi connectivity index (χ3v) is 19.6. The van der Waals surface area contributed by atoms with E-state index >= 15 is 0 Å². The van der Waals surface area contributed by atoms with E-state index in [2.05, 4.69) is 72.9 Å². The van der Waals surface area contributed by atoms with E-state index < -0.39 is 41.2 Å². The fourth-order valence-electron chi connectivity index (χ4n) is 11.9. The molecule has 6 heterocycles. The van der Waals surface area contributed by atoms with E-state index in [0.717, 1.165) is 101 Å². The Morgan fingerprint density at radius 3 is 2.49 bits per heavy atom. The van der Waals surface area contributed by atoms with Crippen LogP contribution >= 0.6 is 0 Å². The normalized spacial score (nSPS) is 22.7. The number of benzene rings is 2. The molecule has 16 nitrogen and oxygen atoms in total. The Hall–Kier alpha value is -5.59. The van der Waals surface area contributed by atoms with Crippen molar-refractivity contribution in [1.82, 2.24) is 24.6 Å². The molecule has 0 radical (unpaired) electrons. The largest absolute Gasteiger partial charge is 0.455 e. The molecule has 3 N–H and O–H groups in total. The molecular formula is C52H65N9O7S2. The number of piperidine rings is 1. The van der Waals surface area contributed by atoms with Crippen LogP contribution in [0.2, 0.25) is 0 Å². The van der Waals surface area contributed by atoms with E-state index in [1.165, 1.54) is 43.0 Å². The summed E-state index contributed by atoms with van der Waals surface area (Å²) < 4.78 is 54.1. The molecule has 3 aromatic heterocycles. The van der Waals surface area contributed by atoms with E-state index in [0.29, 0.717) is 52.9 Å². The first-order valence-electron chi connectivity index (χ1n) is 25.3. The van der Waals surface area contributed by atoms with Crippen molar-refractivity contribution in [1.29, 1.82) is 0 Å². The minimum atomic E-state index is -4.64. The van der Waals surface area contributed by atoms with Gasteiger partial charge < -0.3 is 19.9 Å². The monoisotopic (exact) mass is 991 g/mol. The summed E-state index contributed by atoms with van der Waals surface area (Å²) in [5.74, 6) is 1.52. The summed E-state index contributed by atoms with van der Waals surface area (Å²) in [6.07, 6.45) is 17.5. The van der Waals surface area contributed by atoms with Gasteiger partial charge in [0.05, 0.1) is 28.9 Å². The predicted molar refractivity (Wildman–Crippen MR) is 273 cm³/mol. The van der Waals surface area contributed by atoms with Crippen LogP contribution in [0.3, 0.4) is 0 Å². The minimum absolute atomic E-state index is 0.0372. The quantitative estimate of drug-likeness (QED) is 0.0702. The molecule has 70 heavy (non-hydrogen) atoms. The Bertz CT molecular complexity index is 2970. The van der Waals surface area contributed by atoms with Crippen molar-refractivity contribution < 1.29 is 27.1 Å². The van der Waals surface area contributed by atoms with Gasteiger partial charge in [0.2, 0.25) is 5.82 Å². The highest BCUT2D eigenvalue weighted by atomic mass is 32.2. The summed E-state index contributed by atoms with van der Waals surface area (Å²) in [5, 5.41) is 16.2. The molecule has 1 spiro atoms. The molecule has 2 aromatic carbocycles. The Labute approximate surface area is 411 Å². The van der Waals surface area contributed by atoms with Gasteiger partial charge in [-0.15, -0.1) is 0 Å². The highest BCUT2D eigenvalue weighted by Gasteiger charge is 2.50. The first kappa shape index (κ1) is 48.1. The van der Waals surface area contributed by atoms with Crippen molar-refractivity contribution in [2.24, 2.45) is 15.7 Å². The number of carbonyl (C=O) groups is 1. The van der Waals surface area contributed by atoms with Crippen molar-refractivity contribution in [2.45, 2.75) is 126 Å². The molecule has 5 aliphatic rings. The third kappa shape index (κ3) is 10.3. The summed E-state index contributed by atoms with van der Waals surface area (Å²) in [6.45, 7) is 7.79. The summed E-state index contributed by atoms with van der Waals surface area (Å²) in [6, 6.07) is 19.8. The summed E-state index contributed by atoms with van der Waals surface area (Å²) >= 11 is 0. The van der Waals surface area contributed by atoms with Crippen LogP contribution in [0.25, 0.3) is 11.0 Å². The van der Waals surface area contributed by atoms with Gasteiger partial charge in [-0.25, -0.2) is 31.7 Å². The maximum absolute atomic E-state index is 14.1. The van der Waals surface area contributed by atoms with Gasteiger partial charge in [-0.05, 0) is 136 Å². The number of nitrogens with one attached hydrogen (secondary N) is 3. The second-order valence-corrected chi connectivity index (χ2v) is 25.0. The number of carbonyl (C=O) groups excluding carboxylic acids is 1. The molecular weight excluding hydrogens is 927 g/mol. The van der Waals surface area contributed by atoms with Crippen molar-refractivity contribution in [2.75, 3.05) is 47.9 Å². The van der Waals surface area contributed by atoms with Crippen LogP contribution in [0.5, 0.6) is 11.5 Å². The zero-order chi connectivity index (χ0) is 48.6. The average molecular weight is 992 g/mol. The molecule has 1 atom stereocenters. The second kappa shape index (κ2) is 19.9. The smallest absolute Gasteiger partial charge is 0.312 e. The van der Waals surface area contributed by atoms with Crippen molar-refractivity contribution >= 4 is 53.9 Å². The number of H-pyrrole nitrogens is 1. The molecule has 3 saturated heterocycles. The van der Waals surface area contributed by atoms with Gasteiger partial charge in [-0.1, -0.05) is 44.5 Å². The molecule has 3 aliphatic heterocycles. The van der Waals surface area contributed by atoms with Crippen molar-refractivity contribution in [3.63, 3.8) is 0 Å². The number of amides is 1. The molecule has 0 bridgehead atoms. The number of ether oxygens (including phenoxy) is 1. The molecule has 372 valence electrons. The zero-order valence-corrected chi connectivity index (χ0v) is 41.8. The van der Waals surface area contributed by atoms with Crippen molar-refractivity contribution in [3.8, 4) is 11.5 Å². The molecule has 10 rings (SSSR count). The number of hydrogen-bond donors (Lipinski definition) is 3. The number of sulfonamides is 1. The lowest BCUT2D eigenvalue weighted by atomic mass is 9.59. The van der Waals surface area contributed by atoms with Crippen LogP contribution in [0.15, 0.2) is 88.5 Å². The maximum Gasteiger partial charge on any atom is 0.312 e. The number of nitrogens with zero attached hydrogens (tertiary/aromatic N) is 6. The Kier molecular flexibility index (Phi) is 13.7. The number of fused-ring (bicyclic) bond motifs is 1. The van der Waals surface area contributed by atoms with Gasteiger partial charge >= 0.3 is 5.69 Å². The van der Waals surface area contributed by atoms with Crippen molar-refractivity contribution in [3.05, 3.63) is 106 Å². The number of anilines is 2. The third-order valence-electron chi connectivity index (χ3n) is 15.8. The number of rotatable bonds is 14. The topological polar surface area (TPSA) is 205 Å². The van der Waals surface area contributed by atoms with Crippen LogP contribution < -0.4 is 19.7 Å². The number of nitro groups is 1. The first-order valence-corrected chi connectivity index (χ1v) is 28.6. The Morgan fingerprint density at radius 2 is 1.73 bits per heavy atom. The lowest BCUT2D eigenvalue weighted by molar-refractivity contribution is -0.384. The lowest BCUT2D eigenvalue weighted by Gasteiger charge is -2.56. The SMILES string of the molecule is CC(C)c1ccccc1[C@H]1CCCN1C1CC2(CCN(c3ccc(C(=O)NS(=O)(=O)c4cnc(NCC5CCC(N=S6(=O)CCCCC6)CC5)c([N+](=O)[O-])c4)c(Oc4cnc5[nH]ccc5c4)c3)CC2)C1. The van der Waals surface area contributed by atoms with E-state index in [4.69, 9.17) is 9.10 Å². The average Bonchev–Trinajstić information content (AvgIpc) is 4.03. The maximum atomic E-state index is 14.1. The van der Waals surface area contributed by atoms with Crippen LogP contribution in [0.1, 0.15) is 131 Å². The second-order valence-electron chi connectivity index (χ2n) is 20.7. The number of aromatic amines is 1. The molecule has 18 heteroatoms. The number of aromatic nitrogens is 3. The predicted octanol–water partition coefficient (Wildman–Crippen LogP) is 10.1. The zero-order valence-electron chi connectivity index (χ0n) is 40.2. The van der Waals surface area contributed by atoms with E-state index in [1.807, 2.05) is 12.1 Å². The van der Waals surface area contributed by atoms with Gasteiger partial charge in [-0.3, -0.25) is 19.8 Å². The molecule has 2 saturated carbocycles. The fraction of sp³-hybridized carbons (Fsp3) is 0.519. The molecule has 1 amide bonds. The fourth-order valence-corrected chi connectivity index (χ4v) is 15.3.